The van der Waals surface area contributed by atoms with Crippen LogP contribution in [-0.2, 0) is 4.79 Å². The van der Waals surface area contributed by atoms with E-state index >= 15 is 0 Å². The van der Waals surface area contributed by atoms with E-state index in [9.17, 15) is 4.79 Å². The molecule has 0 saturated carbocycles. The Hall–Kier alpha value is -2.27. The Kier molecular flexibility index (Phi) is 8.05. The van der Waals surface area contributed by atoms with Gasteiger partial charge in [-0.25, -0.2) is 5.43 Å². The van der Waals surface area contributed by atoms with Crippen LogP contribution in [0.5, 0.6) is 5.75 Å². The number of hydrazone groups is 1. The highest BCUT2D eigenvalue weighted by Gasteiger charge is 2.01. The van der Waals surface area contributed by atoms with Gasteiger partial charge < -0.3 is 4.74 Å². The highest BCUT2D eigenvalue weighted by Crippen LogP contribution is 2.18. The molecule has 1 amide bonds. The molecule has 0 aromatic heterocycles. The summed E-state index contributed by atoms with van der Waals surface area (Å²) in [5, 5.41) is 4.00. The maximum atomic E-state index is 11.8. The number of amides is 1. The third-order valence-corrected chi connectivity index (χ3v) is 4.39. The van der Waals surface area contributed by atoms with Crippen molar-refractivity contribution in [1.82, 2.24) is 5.43 Å². The number of nitrogens with one attached hydrogen (secondary N) is 1. The zero-order valence-electron chi connectivity index (χ0n) is 14.7. The number of thioether (sulfide) groups is 1. The van der Waals surface area contributed by atoms with E-state index < -0.39 is 0 Å². The molecule has 0 saturated heterocycles. The minimum atomic E-state index is -0.0845. The largest absolute Gasteiger partial charge is 0.494 e. The number of carbonyl (C=O) groups is 1. The fourth-order valence-electron chi connectivity index (χ4n) is 2.00. The molecule has 4 nitrogen and oxygen atoms in total. The molecule has 0 aliphatic rings. The third-order valence-electron chi connectivity index (χ3n) is 3.37. The van der Waals surface area contributed by atoms with Crippen LogP contribution in [0.3, 0.4) is 0 Å². The highest BCUT2D eigenvalue weighted by molar-refractivity contribution is 7.99. The molecule has 2 rings (SSSR count). The second kappa shape index (κ2) is 10.6. The lowest BCUT2D eigenvalue weighted by Crippen LogP contribution is -2.17. The molecule has 0 aliphatic carbocycles. The minimum Gasteiger partial charge on any atom is -0.494 e. The van der Waals surface area contributed by atoms with Crippen molar-refractivity contribution in [3.63, 3.8) is 0 Å². The fourth-order valence-corrected chi connectivity index (χ4v) is 2.85. The summed E-state index contributed by atoms with van der Waals surface area (Å²) >= 11 is 1.67. The summed E-state index contributed by atoms with van der Waals surface area (Å²) in [6.07, 6.45) is 3.05. The number of rotatable bonds is 9. The van der Waals surface area contributed by atoms with Crippen molar-refractivity contribution in [3.8, 4) is 5.75 Å². The van der Waals surface area contributed by atoms with Gasteiger partial charge in [0.05, 0.1) is 12.8 Å². The number of benzene rings is 2. The van der Waals surface area contributed by atoms with E-state index in [4.69, 9.17) is 4.74 Å². The van der Waals surface area contributed by atoms with Gasteiger partial charge in [-0.05, 0) is 55.3 Å². The molecule has 132 valence electrons. The van der Waals surface area contributed by atoms with Crippen LogP contribution >= 0.6 is 11.8 Å². The molecule has 0 fully saturated rings. The van der Waals surface area contributed by atoms with E-state index in [1.54, 1.807) is 18.0 Å². The number of nitrogens with zero attached hydrogens (tertiary/aromatic N) is 1. The van der Waals surface area contributed by atoms with Crippen LogP contribution in [0.25, 0.3) is 0 Å². The van der Waals surface area contributed by atoms with E-state index in [-0.39, 0.29) is 5.91 Å². The predicted octanol–water partition coefficient (Wildman–Crippen LogP) is 4.42. The summed E-state index contributed by atoms with van der Waals surface area (Å²) in [5.41, 5.74) is 4.71. The van der Waals surface area contributed by atoms with E-state index in [1.807, 2.05) is 24.3 Å². The molecular weight excluding hydrogens is 332 g/mol. The Morgan fingerprint density at radius 2 is 1.88 bits per heavy atom. The van der Waals surface area contributed by atoms with Gasteiger partial charge in [-0.3, -0.25) is 4.79 Å². The van der Waals surface area contributed by atoms with Crippen molar-refractivity contribution in [2.24, 2.45) is 5.10 Å². The quantitative estimate of drug-likeness (QED) is 0.411. The first-order valence-corrected chi connectivity index (χ1v) is 9.40. The van der Waals surface area contributed by atoms with Gasteiger partial charge in [-0.15, -0.1) is 11.8 Å². The number of hydrogen-bond donors (Lipinski definition) is 1. The standard InChI is InChI=1S/C20H24N2O2S/c1-3-13-24-18-8-6-17(7-9-18)15-21-22-20(23)12-14-25-19-10-4-16(2)5-11-19/h4-11,15H,3,12-14H2,1-2H3,(H,22,23)/b21-15-. The molecule has 2 aromatic carbocycles. The third kappa shape index (κ3) is 7.44. The summed E-state index contributed by atoms with van der Waals surface area (Å²) in [4.78, 5) is 13.0. The van der Waals surface area contributed by atoms with Gasteiger partial charge >= 0.3 is 0 Å². The normalized spacial score (nSPS) is 10.8. The van der Waals surface area contributed by atoms with E-state index in [0.717, 1.165) is 23.5 Å². The van der Waals surface area contributed by atoms with Gasteiger partial charge in [-0.1, -0.05) is 24.6 Å². The lowest BCUT2D eigenvalue weighted by atomic mass is 10.2. The molecule has 0 aliphatic heterocycles. The molecule has 5 heteroatoms. The zero-order valence-corrected chi connectivity index (χ0v) is 15.5. The van der Waals surface area contributed by atoms with Crippen molar-refractivity contribution in [3.05, 3.63) is 59.7 Å². The van der Waals surface area contributed by atoms with Crippen molar-refractivity contribution in [1.29, 1.82) is 0 Å². The summed E-state index contributed by atoms with van der Waals surface area (Å²) in [5.74, 6) is 1.49. The molecule has 0 bridgehead atoms. The van der Waals surface area contributed by atoms with Gasteiger partial charge in [0.25, 0.3) is 0 Å². The van der Waals surface area contributed by atoms with Crippen molar-refractivity contribution in [2.45, 2.75) is 31.6 Å². The monoisotopic (exact) mass is 356 g/mol. The van der Waals surface area contributed by atoms with Crippen LogP contribution in [0.2, 0.25) is 0 Å². The number of hydrogen-bond acceptors (Lipinski definition) is 4. The van der Waals surface area contributed by atoms with Gasteiger partial charge in [0.1, 0.15) is 5.75 Å². The summed E-state index contributed by atoms with van der Waals surface area (Å²) in [6.45, 7) is 4.85. The smallest absolute Gasteiger partial charge is 0.240 e. The SMILES string of the molecule is CCCOc1ccc(/C=N\NC(=O)CCSc2ccc(C)cc2)cc1. The Bertz CT molecular complexity index is 682. The van der Waals surface area contributed by atoms with Gasteiger partial charge in [0, 0.05) is 17.1 Å². The summed E-state index contributed by atoms with van der Waals surface area (Å²) in [6, 6.07) is 15.9. The van der Waals surface area contributed by atoms with Crippen LogP contribution < -0.4 is 10.2 Å². The van der Waals surface area contributed by atoms with Gasteiger partial charge in [0.15, 0.2) is 0 Å². The molecule has 0 spiro atoms. The lowest BCUT2D eigenvalue weighted by molar-refractivity contribution is -0.120. The van der Waals surface area contributed by atoms with Crippen molar-refractivity contribution in [2.75, 3.05) is 12.4 Å². The van der Waals surface area contributed by atoms with Crippen LogP contribution in [0.15, 0.2) is 58.5 Å². The number of carbonyl (C=O) groups excluding carboxylic acids is 1. The highest BCUT2D eigenvalue weighted by atomic mass is 32.2. The topological polar surface area (TPSA) is 50.7 Å². The van der Waals surface area contributed by atoms with E-state index in [1.165, 1.54) is 10.5 Å². The molecule has 0 unspecified atom stereocenters. The number of ether oxygens (including phenoxy) is 1. The van der Waals surface area contributed by atoms with Crippen LogP contribution in [0, 0.1) is 6.92 Å². The Balaban J connectivity index is 1.68. The van der Waals surface area contributed by atoms with E-state index in [2.05, 4.69) is 48.6 Å². The second-order valence-electron chi connectivity index (χ2n) is 5.62. The maximum Gasteiger partial charge on any atom is 0.240 e. The van der Waals surface area contributed by atoms with Crippen LogP contribution in [0.1, 0.15) is 30.9 Å². The van der Waals surface area contributed by atoms with E-state index in [0.29, 0.717) is 13.0 Å². The first kappa shape index (κ1) is 19.1. The molecule has 0 heterocycles. The Morgan fingerprint density at radius 3 is 2.56 bits per heavy atom. The molecule has 0 atom stereocenters. The van der Waals surface area contributed by atoms with Crippen molar-refractivity contribution < 1.29 is 9.53 Å². The second-order valence-corrected chi connectivity index (χ2v) is 6.79. The zero-order chi connectivity index (χ0) is 17.9. The maximum absolute atomic E-state index is 11.8. The molecule has 0 radical (unpaired) electrons. The molecule has 1 N–H and O–H groups in total. The van der Waals surface area contributed by atoms with Gasteiger partial charge in [0.2, 0.25) is 5.91 Å². The average molecular weight is 356 g/mol. The first-order chi connectivity index (χ1) is 12.2. The summed E-state index contributed by atoms with van der Waals surface area (Å²) in [7, 11) is 0. The molecular formula is C20H24N2O2S. The average Bonchev–Trinajstić information content (AvgIpc) is 2.63. The Labute approximate surface area is 153 Å². The summed E-state index contributed by atoms with van der Waals surface area (Å²) < 4.78 is 5.52. The lowest BCUT2D eigenvalue weighted by Gasteiger charge is -2.04. The minimum absolute atomic E-state index is 0.0845. The van der Waals surface area contributed by atoms with Crippen LogP contribution in [0.4, 0.5) is 0 Å². The predicted molar refractivity (Wildman–Crippen MR) is 104 cm³/mol. The fraction of sp³-hybridized carbons (Fsp3) is 0.300. The van der Waals surface area contributed by atoms with Crippen LogP contribution in [-0.4, -0.2) is 24.5 Å². The van der Waals surface area contributed by atoms with Gasteiger partial charge in [-0.2, -0.15) is 5.10 Å². The first-order valence-electron chi connectivity index (χ1n) is 8.41. The molecule has 2 aromatic rings. The number of aryl methyl sites for hydroxylation is 1. The molecule has 25 heavy (non-hydrogen) atoms. The Morgan fingerprint density at radius 1 is 1.16 bits per heavy atom. The van der Waals surface area contributed by atoms with Crippen molar-refractivity contribution >= 4 is 23.9 Å².